The minimum atomic E-state index is 0.119. The van der Waals surface area contributed by atoms with Crippen LogP contribution >= 0.6 is 27.3 Å². The fourth-order valence-electron chi connectivity index (χ4n) is 1.19. The molecule has 0 saturated heterocycles. The molecule has 1 aromatic rings. The molecule has 3 nitrogen and oxygen atoms in total. The van der Waals surface area contributed by atoms with Crippen LogP contribution in [0.15, 0.2) is 15.9 Å². The minimum absolute atomic E-state index is 0.119. The molecule has 0 spiro atoms. The van der Waals surface area contributed by atoms with Gasteiger partial charge in [0.15, 0.2) is 0 Å². The molecule has 0 aromatic carbocycles. The molecule has 0 saturated carbocycles. The Bertz CT molecular complexity index is 280. The van der Waals surface area contributed by atoms with Crippen molar-refractivity contribution in [1.29, 1.82) is 0 Å². The molecule has 0 bridgehead atoms. The summed E-state index contributed by atoms with van der Waals surface area (Å²) >= 11 is 5.24. The second-order valence-corrected chi connectivity index (χ2v) is 4.99. The van der Waals surface area contributed by atoms with Gasteiger partial charge in [-0.05, 0) is 27.4 Å². The summed E-state index contributed by atoms with van der Waals surface area (Å²) in [5.41, 5.74) is 0. The number of hydrogen-bond donors (Lipinski definition) is 1. The molecule has 86 valence electrons. The molecule has 0 aliphatic carbocycles. The standard InChI is InChI=1S/C10H16BrNO2S/c1-13-7-8(14-2)5-12-6-10-9(11)3-4-15-10/h3-4,8,12H,5-7H2,1-2H3. The van der Waals surface area contributed by atoms with Gasteiger partial charge >= 0.3 is 0 Å². The lowest BCUT2D eigenvalue weighted by molar-refractivity contribution is 0.0288. The Morgan fingerprint density at radius 2 is 2.33 bits per heavy atom. The molecule has 5 heteroatoms. The molecule has 0 amide bonds. The highest BCUT2D eigenvalue weighted by molar-refractivity contribution is 9.10. The Morgan fingerprint density at radius 3 is 2.87 bits per heavy atom. The third-order valence-electron chi connectivity index (χ3n) is 2.03. The van der Waals surface area contributed by atoms with E-state index in [1.54, 1.807) is 25.6 Å². The van der Waals surface area contributed by atoms with E-state index in [-0.39, 0.29) is 6.10 Å². The van der Waals surface area contributed by atoms with Crippen molar-refractivity contribution >= 4 is 27.3 Å². The van der Waals surface area contributed by atoms with E-state index in [0.29, 0.717) is 6.61 Å². The Kier molecular flexibility index (Phi) is 6.43. The van der Waals surface area contributed by atoms with Crippen LogP contribution in [0.5, 0.6) is 0 Å². The fourth-order valence-corrected chi connectivity index (χ4v) is 2.66. The number of rotatable bonds is 7. The van der Waals surface area contributed by atoms with E-state index in [2.05, 4.69) is 32.7 Å². The summed E-state index contributed by atoms with van der Waals surface area (Å²) in [6.45, 7) is 2.28. The first kappa shape index (κ1) is 13.1. The zero-order chi connectivity index (χ0) is 11.1. The van der Waals surface area contributed by atoms with E-state index in [4.69, 9.17) is 9.47 Å². The first-order valence-corrected chi connectivity index (χ1v) is 6.39. The van der Waals surface area contributed by atoms with Crippen LogP contribution in [0.4, 0.5) is 0 Å². The molecule has 1 atom stereocenters. The van der Waals surface area contributed by atoms with Gasteiger partial charge in [-0.1, -0.05) is 0 Å². The molecule has 1 N–H and O–H groups in total. The quantitative estimate of drug-likeness (QED) is 0.837. The maximum absolute atomic E-state index is 5.24. The van der Waals surface area contributed by atoms with E-state index in [1.165, 1.54) is 9.35 Å². The molecular formula is C10H16BrNO2S. The van der Waals surface area contributed by atoms with E-state index < -0.39 is 0 Å². The highest BCUT2D eigenvalue weighted by Crippen LogP contribution is 2.21. The predicted octanol–water partition coefficient (Wildman–Crippen LogP) is 2.26. The maximum atomic E-state index is 5.24. The largest absolute Gasteiger partial charge is 0.382 e. The zero-order valence-corrected chi connectivity index (χ0v) is 11.4. The van der Waals surface area contributed by atoms with Crippen molar-refractivity contribution in [3.05, 3.63) is 20.8 Å². The van der Waals surface area contributed by atoms with E-state index in [1.807, 2.05) is 0 Å². The van der Waals surface area contributed by atoms with Crippen LogP contribution < -0.4 is 5.32 Å². The zero-order valence-electron chi connectivity index (χ0n) is 8.96. The van der Waals surface area contributed by atoms with Crippen molar-refractivity contribution in [2.24, 2.45) is 0 Å². The van der Waals surface area contributed by atoms with Crippen LogP contribution in [-0.4, -0.2) is 33.5 Å². The molecule has 1 aromatic heterocycles. The molecule has 1 rings (SSSR count). The Balaban J connectivity index is 2.23. The van der Waals surface area contributed by atoms with Crippen LogP contribution in [0, 0.1) is 0 Å². The molecule has 0 fully saturated rings. The molecule has 0 aliphatic heterocycles. The van der Waals surface area contributed by atoms with E-state index in [0.717, 1.165) is 13.1 Å². The van der Waals surface area contributed by atoms with Crippen molar-refractivity contribution in [2.45, 2.75) is 12.6 Å². The van der Waals surface area contributed by atoms with Crippen LogP contribution in [-0.2, 0) is 16.0 Å². The second kappa shape index (κ2) is 7.35. The molecule has 0 radical (unpaired) electrons. The Labute approximate surface area is 103 Å². The summed E-state index contributed by atoms with van der Waals surface area (Å²) < 4.78 is 11.4. The van der Waals surface area contributed by atoms with Gasteiger partial charge in [-0.25, -0.2) is 0 Å². The minimum Gasteiger partial charge on any atom is -0.382 e. The maximum Gasteiger partial charge on any atom is 0.0928 e. The summed E-state index contributed by atoms with van der Waals surface area (Å²) in [6.07, 6.45) is 0.119. The van der Waals surface area contributed by atoms with Gasteiger partial charge in [0, 0.05) is 36.7 Å². The van der Waals surface area contributed by atoms with Crippen molar-refractivity contribution in [3.63, 3.8) is 0 Å². The first-order chi connectivity index (χ1) is 7.27. The van der Waals surface area contributed by atoms with Crippen LogP contribution in [0.2, 0.25) is 0 Å². The third-order valence-corrected chi connectivity index (χ3v) is 3.96. The highest BCUT2D eigenvalue weighted by atomic mass is 79.9. The van der Waals surface area contributed by atoms with Crippen molar-refractivity contribution in [2.75, 3.05) is 27.4 Å². The topological polar surface area (TPSA) is 30.5 Å². The molecule has 0 aliphatic rings. The number of hydrogen-bond acceptors (Lipinski definition) is 4. The lowest BCUT2D eigenvalue weighted by Crippen LogP contribution is -2.31. The van der Waals surface area contributed by atoms with E-state index in [9.17, 15) is 0 Å². The average Bonchev–Trinajstić information content (AvgIpc) is 2.63. The monoisotopic (exact) mass is 293 g/mol. The number of methoxy groups -OCH3 is 2. The second-order valence-electron chi connectivity index (χ2n) is 3.14. The van der Waals surface area contributed by atoms with Gasteiger partial charge in [-0.3, -0.25) is 0 Å². The summed E-state index contributed by atoms with van der Waals surface area (Å²) in [7, 11) is 3.38. The summed E-state index contributed by atoms with van der Waals surface area (Å²) in [5, 5.41) is 5.41. The number of ether oxygens (including phenoxy) is 2. The van der Waals surface area contributed by atoms with Gasteiger partial charge in [-0.2, -0.15) is 0 Å². The van der Waals surface area contributed by atoms with Gasteiger partial charge in [-0.15, -0.1) is 11.3 Å². The van der Waals surface area contributed by atoms with Crippen molar-refractivity contribution < 1.29 is 9.47 Å². The number of nitrogens with one attached hydrogen (secondary N) is 1. The normalized spacial score (nSPS) is 13.0. The van der Waals surface area contributed by atoms with Gasteiger partial charge in [0.05, 0.1) is 12.7 Å². The summed E-state index contributed by atoms with van der Waals surface area (Å²) in [4.78, 5) is 1.31. The highest BCUT2D eigenvalue weighted by Gasteiger charge is 2.07. The van der Waals surface area contributed by atoms with Crippen molar-refractivity contribution in [3.8, 4) is 0 Å². The molecule has 1 unspecified atom stereocenters. The third kappa shape index (κ3) is 4.61. The SMILES string of the molecule is COCC(CNCc1sccc1Br)OC. The van der Waals surface area contributed by atoms with E-state index >= 15 is 0 Å². The van der Waals surface area contributed by atoms with Crippen LogP contribution in [0.25, 0.3) is 0 Å². The molecule has 1 heterocycles. The molecular weight excluding hydrogens is 278 g/mol. The van der Waals surface area contributed by atoms with Crippen molar-refractivity contribution in [1.82, 2.24) is 5.32 Å². The average molecular weight is 294 g/mol. The predicted molar refractivity (Wildman–Crippen MR) is 66.4 cm³/mol. The van der Waals surface area contributed by atoms with Crippen LogP contribution in [0.3, 0.4) is 0 Å². The lowest BCUT2D eigenvalue weighted by atomic mass is 10.3. The van der Waals surface area contributed by atoms with Gasteiger partial charge in [0.1, 0.15) is 0 Å². The fraction of sp³-hybridized carbons (Fsp3) is 0.600. The summed E-state index contributed by atoms with van der Waals surface area (Å²) in [6, 6.07) is 2.06. The molecule has 15 heavy (non-hydrogen) atoms. The first-order valence-electron chi connectivity index (χ1n) is 4.72. The number of thiophene rings is 1. The lowest BCUT2D eigenvalue weighted by Gasteiger charge is -2.14. The smallest absolute Gasteiger partial charge is 0.0928 e. The Morgan fingerprint density at radius 1 is 1.53 bits per heavy atom. The van der Waals surface area contributed by atoms with Gasteiger partial charge in [0.25, 0.3) is 0 Å². The summed E-state index contributed by atoms with van der Waals surface area (Å²) in [5.74, 6) is 0. The number of halogens is 1. The Hall–Kier alpha value is 0.0600. The van der Waals surface area contributed by atoms with Crippen LogP contribution in [0.1, 0.15) is 4.88 Å². The van der Waals surface area contributed by atoms with Gasteiger partial charge in [0.2, 0.25) is 0 Å². The van der Waals surface area contributed by atoms with Gasteiger partial charge < -0.3 is 14.8 Å².